The molecular formula is C9H10BrNO. The zero-order chi connectivity index (χ0) is 8.60. The standard InChI is InChI=1S/C9H10BrNO/c10-8-4-2-1-3-7(8)9(12)5-11-6-9/h1-4,11-12H,5-6H2. The molecule has 1 aromatic carbocycles. The van der Waals surface area contributed by atoms with Gasteiger partial charge in [0, 0.05) is 23.1 Å². The van der Waals surface area contributed by atoms with Crippen LogP contribution >= 0.6 is 15.9 Å². The molecule has 0 bridgehead atoms. The number of hydrogen-bond acceptors (Lipinski definition) is 2. The molecule has 1 heterocycles. The zero-order valence-corrected chi connectivity index (χ0v) is 8.13. The van der Waals surface area contributed by atoms with Crippen LogP contribution in [0.25, 0.3) is 0 Å². The minimum Gasteiger partial charge on any atom is -0.382 e. The Hall–Kier alpha value is -0.380. The largest absolute Gasteiger partial charge is 0.382 e. The van der Waals surface area contributed by atoms with Gasteiger partial charge < -0.3 is 10.4 Å². The lowest BCUT2D eigenvalue weighted by Gasteiger charge is -2.38. The molecule has 64 valence electrons. The quantitative estimate of drug-likeness (QED) is 0.757. The van der Waals surface area contributed by atoms with Gasteiger partial charge in [-0.05, 0) is 6.07 Å². The van der Waals surface area contributed by atoms with Crippen LogP contribution in [0.15, 0.2) is 28.7 Å². The van der Waals surface area contributed by atoms with E-state index in [2.05, 4.69) is 21.2 Å². The van der Waals surface area contributed by atoms with E-state index >= 15 is 0 Å². The van der Waals surface area contributed by atoms with Crippen molar-refractivity contribution in [1.82, 2.24) is 5.32 Å². The van der Waals surface area contributed by atoms with Gasteiger partial charge in [0.2, 0.25) is 0 Å². The van der Waals surface area contributed by atoms with Crippen LogP contribution in [0, 0.1) is 0 Å². The van der Waals surface area contributed by atoms with Crippen molar-refractivity contribution in [1.29, 1.82) is 0 Å². The fourth-order valence-electron chi connectivity index (χ4n) is 1.39. The molecule has 2 rings (SSSR count). The molecule has 0 radical (unpaired) electrons. The number of halogens is 1. The number of rotatable bonds is 1. The van der Waals surface area contributed by atoms with Gasteiger partial charge in [-0.15, -0.1) is 0 Å². The molecule has 0 saturated carbocycles. The average molecular weight is 228 g/mol. The Kier molecular flexibility index (Phi) is 1.94. The normalized spacial score (nSPS) is 20.2. The monoisotopic (exact) mass is 227 g/mol. The van der Waals surface area contributed by atoms with E-state index in [1.807, 2.05) is 24.3 Å². The van der Waals surface area contributed by atoms with E-state index in [1.54, 1.807) is 0 Å². The first-order chi connectivity index (χ1) is 5.72. The molecule has 0 aromatic heterocycles. The molecule has 2 N–H and O–H groups in total. The first-order valence-corrected chi connectivity index (χ1v) is 4.70. The van der Waals surface area contributed by atoms with E-state index in [0.717, 1.165) is 10.0 Å². The van der Waals surface area contributed by atoms with Crippen molar-refractivity contribution in [2.75, 3.05) is 13.1 Å². The highest BCUT2D eigenvalue weighted by atomic mass is 79.9. The maximum Gasteiger partial charge on any atom is 0.115 e. The van der Waals surface area contributed by atoms with Crippen molar-refractivity contribution in [3.8, 4) is 0 Å². The molecule has 0 unspecified atom stereocenters. The Labute approximate surface area is 79.7 Å². The van der Waals surface area contributed by atoms with Crippen LogP contribution in [0.3, 0.4) is 0 Å². The summed E-state index contributed by atoms with van der Waals surface area (Å²) in [6.07, 6.45) is 0. The average Bonchev–Trinajstić information content (AvgIpc) is 2.01. The Morgan fingerprint density at radius 1 is 1.33 bits per heavy atom. The van der Waals surface area contributed by atoms with Gasteiger partial charge in [0.05, 0.1) is 0 Å². The maximum atomic E-state index is 9.97. The number of benzene rings is 1. The van der Waals surface area contributed by atoms with Crippen LogP contribution in [0.5, 0.6) is 0 Å². The van der Waals surface area contributed by atoms with Gasteiger partial charge in [0.25, 0.3) is 0 Å². The van der Waals surface area contributed by atoms with Crippen LogP contribution in [0.2, 0.25) is 0 Å². The second kappa shape index (κ2) is 2.83. The summed E-state index contributed by atoms with van der Waals surface area (Å²) >= 11 is 3.42. The van der Waals surface area contributed by atoms with Gasteiger partial charge in [-0.2, -0.15) is 0 Å². The first kappa shape index (κ1) is 8.23. The van der Waals surface area contributed by atoms with E-state index in [-0.39, 0.29) is 0 Å². The predicted octanol–water partition coefficient (Wildman–Crippen LogP) is 1.24. The molecular weight excluding hydrogens is 218 g/mol. The molecule has 2 nitrogen and oxygen atoms in total. The van der Waals surface area contributed by atoms with E-state index in [1.165, 1.54) is 0 Å². The van der Waals surface area contributed by atoms with E-state index in [4.69, 9.17) is 0 Å². The van der Waals surface area contributed by atoms with Crippen LogP contribution in [-0.4, -0.2) is 18.2 Å². The van der Waals surface area contributed by atoms with E-state index in [0.29, 0.717) is 13.1 Å². The highest BCUT2D eigenvalue weighted by Crippen LogP contribution is 2.30. The summed E-state index contributed by atoms with van der Waals surface area (Å²) in [6, 6.07) is 7.79. The summed E-state index contributed by atoms with van der Waals surface area (Å²) in [7, 11) is 0. The summed E-state index contributed by atoms with van der Waals surface area (Å²) in [5, 5.41) is 13.0. The zero-order valence-electron chi connectivity index (χ0n) is 6.55. The molecule has 1 aliphatic rings. The fraction of sp³-hybridized carbons (Fsp3) is 0.333. The molecule has 1 saturated heterocycles. The lowest BCUT2D eigenvalue weighted by atomic mass is 9.88. The molecule has 0 aliphatic carbocycles. The highest BCUT2D eigenvalue weighted by Gasteiger charge is 2.37. The molecule has 1 aliphatic heterocycles. The summed E-state index contributed by atoms with van der Waals surface area (Å²) in [5.74, 6) is 0. The number of hydrogen-bond donors (Lipinski definition) is 2. The van der Waals surface area contributed by atoms with Gasteiger partial charge in [-0.1, -0.05) is 34.1 Å². The topological polar surface area (TPSA) is 32.3 Å². The Balaban J connectivity index is 2.39. The third-order valence-electron chi connectivity index (χ3n) is 2.21. The minimum atomic E-state index is -0.653. The number of aliphatic hydroxyl groups is 1. The second-order valence-electron chi connectivity index (χ2n) is 3.11. The minimum absolute atomic E-state index is 0.648. The molecule has 0 amide bonds. The molecule has 1 aromatic rings. The third kappa shape index (κ3) is 1.18. The lowest BCUT2D eigenvalue weighted by molar-refractivity contribution is -0.0153. The Morgan fingerprint density at radius 2 is 2.00 bits per heavy atom. The predicted molar refractivity (Wildman–Crippen MR) is 50.9 cm³/mol. The second-order valence-corrected chi connectivity index (χ2v) is 3.97. The number of β-amino-alcohol motifs (C(OH)–C–C–N with tert-alkyl or cyclic N) is 1. The van der Waals surface area contributed by atoms with Crippen LogP contribution in [0.1, 0.15) is 5.56 Å². The van der Waals surface area contributed by atoms with Crippen molar-refractivity contribution in [3.63, 3.8) is 0 Å². The summed E-state index contributed by atoms with van der Waals surface area (Å²) in [4.78, 5) is 0. The van der Waals surface area contributed by atoms with Crippen LogP contribution in [-0.2, 0) is 5.60 Å². The van der Waals surface area contributed by atoms with Gasteiger partial charge in [0.1, 0.15) is 5.60 Å². The van der Waals surface area contributed by atoms with Crippen molar-refractivity contribution in [2.45, 2.75) is 5.60 Å². The van der Waals surface area contributed by atoms with Crippen molar-refractivity contribution >= 4 is 15.9 Å². The molecule has 0 atom stereocenters. The first-order valence-electron chi connectivity index (χ1n) is 3.90. The maximum absolute atomic E-state index is 9.97. The van der Waals surface area contributed by atoms with Gasteiger partial charge in [-0.25, -0.2) is 0 Å². The molecule has 1 fully saturated rings. The van der Waals surface area contributed by atoms with Crippen molar-refractivity contribution < 1.29 is 5.11 Å². The fourth-order valence-corrected chi connectivity index (χ4v) is 2.04. The smallest absolute Gasteiger partial charge is 0.115 e. The molecule has 3 heteroatoms. The van der Waals surface area contributed by atoms with Crippen molar-refractivity contribution in [3.05, 3.63) is 34.3 Å². The lowest BCUT2D eigenvalue weighted by Crippen LogP contribution is -2.56. The van der Waals surface area contributed by atoms with Crippen molar-refractivity contribution in [2.24, 2.45) is 0 Å². The van der Waals surface area contributed by atoms with Gasteiger partial charge in [0.15, 0.2) is 0 Å². The molecule has 12 heavy (non-hydrogen) atoms. The summed E-state index contributed by atoms with van der Waals surface area (Å²) < 4.78 is 0.981. The molecule has 0 spiro atoms. The third-order valence-corrected chi connectivity index (χ3v) is 2.90. The van der Waals surface area contributed by atoms with Gasteiger partial charge in [-0.3, -0.25) is 0 Å². The summed E-state index contributed by atoms with van der Waals surface area (Å²) in [5.41, 5.74) is 0.323. The van der Waals surface area contributed by atoms with Crippen LogP contribution < -0.4 is 5.32 Å². The van der Waals surface area contributed by atoms with Gasteiger partial charge >= 0.3 is 0 Å². The van der Waals surface area contributed by atoms with E-state index < -0.39 is 5.60 Å². The highest BCUT2D eigenvalue weighted by molar-refractivity contribution is 9.10. The Bertz CT molecular complexity index is 296. The number of nitrogens with one attached hydrogen (secondary N) is 1. The van der Waals surface area contributed by atoms with Crippen LogP contribution in [0.4, 0.5) is 0 Å². The Morgan fingerprint density at radius 3 is 2.50 bits per heavy atom. The SMILES string of the molecule is OC1(c2ccccc2Br)CNC1. The van der Waals surface area contributed by atoms with E-state index in [9.17, 15) is 5.11 Å². The summed E-state index contributed by atoms with van der Waals surface area (Å²) in [6.45, 7) is 1.30.